The number of hydrogen-bond acceptors (Lipinski definition) is 5. The van der Waals surface area contributed by atoms with E-state index in [9.17, 15) is 10.4 Å². The van der Waals surface area contributed by atoms with Gasteiger partial charge in [0.15, 0.2) is 11.5 Å². The summed E-state index contributed by atoms with van der Waals surface area (Å²) in [5.41, 5.74) is 1.27. The molecule has 1 atom stereocenters. The Balaban J connectivity index is 0.00000264. The van der Waals surface area contributed by atoms with E-state index in [-0.39, 0.29) is 36.6 Å². The molecule has 0 unspecified atom stereocenters. The minimum Gasteiger partial charge on any atom is -0.504 e. The zero-order valence-electron chi connectivity index (χ0n) is 13.8. The van der Waals surface area contributed by atoms with Crippen LogP contribution in [0.1, 0.15) is 30.0 Å². The van der Waals surface area contributed by atoms with E-state index in [0.717, 1.165) is 44.6 Å². The van der Waals surface area contributed by atoms with E-state index in [1.54, 1.807) is 12.1 Å². The van der Waals surface area contributed by atoms with E-state index in [4.69, 9.17) is 4.74 Å². The summed E-state index contributed by atoms with van der Waals surface area (Å²) in [6, 6.07) is 5.54. The molecule has 0 aromatic heterocycles. The molecule has 134 valence electrons. The van der Waals surface area contributed by atoms with Crippen LogP contribution in [0, 0.1) is 11.3 Å². The first-order valence-electron chi connectivity index (χ1n) is 7.58. The number of halogens is 2. The number of hydrogen-bond donors (Lipinski definition) is 2. The minimum atomic E-state index is 0. The summed E-state index contributed by atoms with van der Waals surface area (Å²) in [6.45, 7) is 7.49. The van der Waals surface area contributed by atoms with Gasteiger partial charge >= 0.3 is 0 Å². The number of allylic oxidation sites excluding steroid dienone is 1. The fourth-order valence-corrected chi connectivity index (χ4v) is 2.91. The minimum absolute atomic E-state index is 0. The molecule has 1 aromatic carbocycles. The van der Waals surface area contributed by atoms with E-state index in [0.29, 0.717) is 11.3 Å². The highest BCUT2D eigenvalue weighted by molar-refractivity contribution is 5.85. The van der Waals surface area contributed by atoms with Gasteiger partial charge in [-0.3, -0.25) is 4.90 Å². The third-order valence-electron chi connectivity index (χ3n) is 4.05. The van der Waals surface area contributed by atoms with Crippen LogP contribution >= 0.6 is 24.8 Å². The number of aromatic hydroxyl groups is 1. The van der Waals surface area contributed by atoms with Crippen LogP contribution in [-0.2, 0) is 0 Å². The standard InChI is InChI=1S/C17H23N3O2.2ClH/c1-3-4-5-15(20-8-6-19-7-9-20)14-10-13(12-18)11-16(22-2)17(14)21;;/h3,10-11,15,19,21H,1,4-9H2,2H3;2*1H/t15-;;/m1../s1. The van der Waals surface area contributed by atoms with Crippen LogP contribution in [0.5, 0.6) is 11.5 Å². The average molecular weight is 374 g/mol. The molecule has 2 rings (SSSR count). The van der Waals surface area contributed by atoms with Gasteiger partial charge in [-0.2, -0.15) is 5.26 Å². The molecule has 2 N–H and O–H groups in total. The molecule has 1 aliphatic rings. The molecule has 1 saturated heterocycles. The quantitative estimate of drug-likeness (QED) is 0.750. The molecule has 0 aliphatic carbocycles. The van der Waals surface area contributed by atoms with Crippen molar-refractivity contribution in [1.29, 1.82) is 5.26 Å². The number of phenols is 1. The summed E-state index contributed by atoms with van der Waals surface area (Å²) < 4.78 is 5.22. The number of nitrogens with zero attached hydrogens (tertiary/aromatic N) is 2. The van der Waals surface area contributed by atoms with Gasteiger partial charge in [-0.25, -0.2) is 0 Å². The van der Waals surface area contributed by atoms with Crippen LogP contribution in [0.4, 0.5) is 0 Å². The summed E-state index contributed by atoms with van der Waals surface area (Å²) in [5.74, 6) is 0.488. The second-order valence-electron chi connectivity index (χ2n) is 5.40. The number of rotatable bonds is 6. The van der Waals surface area contributed by atoms with Gasteiger partial charge in [-0.1, -0.05) is 6.08 Å². The van der Waals surface area contributed by atoms with Crippen molar-refractivity contribution in [2.45, 2.75) is 18.9 Å². The monoisotopic (exact) mass is 373 g/mol. The molecule has 1 aromatic rings. The van der Waals surface area contributed by atoms with E-state index in [1.165, 1.54) is 7.11 Å². The van der Waals surface area contributed by atoms with E-state index >= 15 is 0 Å². The van der Waals surface area contributed by atoms with Crippen LogP contribution in [0.2, 0.25) is 0 Å². The number of nitriles is 1. The molecule has 1 aliphatic heterocycles. The van der Waals surface area contributed by atoms with E-state index in [2.05, 4.69) is 22.9 Å². The van der Waals surface area contributed by atoms with Gasteiger partial charge in [0.25, 0.3) is 0 Å². The summed E-state index contributed by atoms with van der Waals surface area (Å²) in [4.78, 5) is 2.34. The number of piperazine rings is 1. The molecule has 0 amide bonds. The maximum Gasteiger partial charge on any atom is 0.162 e. The zero-order valence-corrected chi connectivity index (χ0v) is 15.5. The molecule has 5 nitrogen and oxygen atoms in total. The Bertz CT molecular complexity index is 570. The Morgan fingerprint density at radius 2 is 2.08 bits per heavy atom. The lowest BCUT2D eigenvalue weighted by Crippen LogP contribution is -2.45. The third-order valence-corrected chi connectivity index (χ3v) is 4.05. The summed E-state index contributed by atoms with van der Waals surface area (Å²) >= 11 is 0. The highest BCUT2D eigenvalue weighted by Gasteiger charge is 2.26. The van der Waals surface area contributed by atoms with Crippen molar-refractivity contribution in [3.8, 4) is 17.6 Å². The molecular weight excluding hydrogens is 349 g/mol. The van der Waals surface area contributed by atoms with E-state index < -0.39 is 0 Å². The molecule has 0 saturated carbocycles. The zero-order chi connectivity index (χ0) is 15.9. The van der Waals surface area contributed by atoms with Crippen molar-refractivity contribution in [3.63, 3.8) is 0 Å². The van der Waals surface area contributed by atoms with Gasteiger partial charge in [0.1, 0.15) is 0 Å². The largest absolute Gasteiger partial charge is 0.504 e. The van der Waals surface area contributed by atoms with Gasteiger partial charge in [-0.15, -0.1) is 31.4 Å². The van der Waals surface area contributed by atoms with Gasteiger partial charge in [-0.05, 0) is 18.9 Å². The lowest BCUT2D eigenvalue weighted by molar-refractivity contribution is 0.163. The highest BCUT2D eigenvalue weighted by atomic mass is 35.5. The normalized spacial score (nSPS) is 15.3. The Morgan fingerprint density at radius 1 is 1.42 bits per heavy atom. The van der Waals surface area contributed by atoms with Crippen LogP contribution in [-0.4, -0.2) is 43.3 Å². The summed E-state index contributed by atoms with van der Waals surface area (Å²) in [7, 11) is 1.50. The van der Waals surface area contributed by atoms with Crippen molar-refractivity contribution in [3.05, 3.63) is 35.9 Å². The van der Waals surface area contributed by atoms with Crippen LogP contribution in [0.15, 0.2) is 24.8 Å². The van der Waals surface area contributed by atoms with Crippen LogP contribution in [0.3, 0.4) is 0 Å². The van der Waals surface area contributed by atoms with Crippen LogP contribution < -0.4 is 10.1 Å². The number of benzene rings is 1. The summed E-state index contributed by atoms with van der Waals surface area (Å²) in [5, 5.41) is 23.1. The fourth-order valence-electron chi connectivity index (χ4n) is 2.91. The Kier molecular flexibility index (Phi) is 10.5. The third kappa shape index (κ3) is 5.29. The van der Waals surface area contributed by atoms with Crippen molar-refractivity contribution in [2.24, 2.45) is 0 Å². The molecule has 7 heteroatoms. The first-order chi connectivity index (χ1) is 10.7. The molecule has 1 fully saturated rings. The maximum absolute atomic E-state index is 10.5. The molecule has 1 heterocycles. The predicted molar refractivity (Wildman–Crippen MR) is 100 cm³/mol. The number of methoxy groups -OCH3 is 1. The van der Waals surface area contributed by atoms with Gasteiger partial charge in [0, 0.05) is 43.9 Å². The predicted octanol–water partition coefficient (Wildman–Crippen LogP) is 3.03. The fraction of sp³-hybridized carbons (Fsp3) is 0.471. The van der Waals surface area contributed by atoms with Crippen LogP contribution in [0.25, 0.3) is 0 Å². The van der Waals surface area contributed by atoms with Gasteiger partial charge in [0.2, 0.25) is 0 Å². The van der Waals surface area contributed by atoms with Crippen molar-refractivity contribution in [2.75, 3.05) is 33.3 Å². The molecule has 24 heavy (non-hydrogen) atoms. The van der Waals surface area contributed by atoms with Crippen molar-refractivity contribution < 1.29 is 9.84 Å². The lowest BCUT2D eigenvalue weighted by Gasteiger charge is -2.35. The Morgan fingerprint density at radius 3 is 2.62 bits per heavy atom. The van der Waals surface area contributed by atoms with Gasteiger partial charge in [0.05, 0.1) is 18.7 Å². The van der Waals surface area contributed by atoms with E-state index in [1.807, 2.05) is 6.08 Å². The molecule has 0 radical (unpaired) electrons. The first kappa shape index (κ1) is 22.6. The van der Waals surface area contributed by atoms with Gasteiger partial charge < -0.3 is 15.2 Å². The SMILES string of the molecule is C=CCC[C@H](c1cc(C#N)cc(OC)c1O)N1CCNCC1.Cl.Cl. The van der Waals surface area contributed by atoms with Crippen molar-refractivity contribution >= 4 is 24.8 Å². The Labute approximate surface area is 156 Å². The average Bonchev–Trinajstić information content (AvgIpc) is 2.57. The molecule has 0 bridgehead atoms. The summed E-state index contributed by atoms with van der Waals surface area (Å²) in [6.07, 6.45) is 3.60. The smallest absolute Gasteiger partial charge is 0.162 e. The number of ether oxygens (including phenoxy) is 1. The van der Waals surface area contributed by atoms with Crippen molar-refractivity contribution in [1.82, 2.24) is 10.2 Å². The topological polar surface area (TPSA) is 68.5 Å². The second-order valence-corrected chi connectivity index (χ2v) is 5.40. The molecular formula is C17H25Cl2N3O2. The number of nitrogens with one attached hydrogen (secondary N) is 1. The Hall–Kier alpha value is -1.45. The highest BCUT2D eigenvalue weighted by Crippen LogP contribution is 2.39. The maximum atomic E-state index is 10.5. The number of phenolic OH excluding ortho intramolecular Hbond substituents is 1. The molecule has 0 spiro atoms. The second kappa shape index (κ2) is 11.2. The first-order valence-corrected chi connectivity index (χ1v) is 7.58. The lowest BCUT2D eigenvalue weighted by atomic mass is 9.96.